The zero-order valence-corrected chi connectivity index (χ0v) is 14.7. The van der Waals surface area contributed by atoms with Gasteiger partial charge in [0.05, 0.1) is 0 Å². The molecule has 0 aliphatic rings. The standard InChI is InChI=1S/C22H20N2O2/c1-15-3-9-19(21(25)11-15)23-13-17-5-7-18(8-6-17)14-24-20-10-4-16(2)12-22(20)26/h3-14,25-26H,1-2H3. The molecule has 3 aromatic carbocycles. The molecule has 0 spiro atoms. The van der Waals surface area contributed by atoms with Crippen molar-refractivity contribution < 1.29 is 10.2 Å². The normalized spacial score (nSPS) is 11.5. The number of rotatable bonds is 4. The molecule has 0 atom stereocenters. The Morgan fingerprint density at radius 2 is 1.00 bits per heavy atom. The van der Waals surface area contributed by atoms with E-state index in [1.54, 1.807) is 36.7 Å². The molecule has 130 valence electrons. The van der Waals surface area contributed by atoms with Gasteiger partial charge in [-0.3, -0.25) is 9.98 Å². The van der Waals surface area contributed by atoms with E-state index in [0.29, 0.717) is 11.4 Å². The van der Waals surface area contributed by atoms with Crippen molar-refractivity contribution in [1.82, 2.24) is 0 Å². The number of benzene rings is 3. The fourth-order valence-corrected chi connectivity index (χ4v) is 2.44. The van der Waals surface area contributed by atoms with Gasteiger partial charge in [0.25, 0.3) is 0 Å². The average Bonchev–Trinajstić information content (AvgIpc) is 2.61. The van der Waals surface area contributed by atoms with Crippen molar-refractivity contribution in [2.24, 2.45) is 9.98 Å². The summed E-state index contributed by atoms with van der Waals surface area (Å²) in [6.45, 7) is 3.84. The lowest BCUT2D eigenvalue weighted by atomic mass is 10.1. The van der Waals surface area contributed by atoms with E-state index in [1.807, 2.05) is 50.2 Å². The lowest BCUT2D eigenvalue weighted by Gasteiger charge is -2.01. The quantitative estimate of drug-likeness (QED) is 0.638. The second-order valence-electron chi connectivity index (χ2n) is 6.17. The van der Waals surface area contributed by atoms with Gasteiger partial charge >= 0.3 is 0 Å². The zero-order chi connectivity index (χ0) is 18.5. The molecule has 0 heterocycles. The molecule has 4 heteroatoms. The summed E-state index contributed by atoms with van der Waals surface area (Å²) in [5.74, 6) is 0.339. The molecule has 0 amide bonds. The smallest absolute Gasteiger partial charge is 0.141 e. The van der Waals surface area contributed by atoms with Crippen molar-refractivity contribution in [1.29, 1.82) is 0 Å². The molecular weight excluding hydrogens is 324 g/mol. The number of aliphatic imine (C=N–C) groups is 2. The maximum Gasteiger partial charge on any atom is 0.141 e. The van der Waals surface area contributed by atoms with Crippen molar-refractivity contribution >= 4 is 23.8 Å². The van der Waals surface area contributed by atoms with Crippen LogP contribution < -0.4 is 0 Å². The van der Waals surface area contributed by atoms with E-state index in [2.05, 4.69) is 9.98 Å². The van der Waals surface area contributed by atoms with Crippen LogP contribution in [-0.2, 0) is 0 Å². The Hall–Kier alpha value is -3.40. The summed E-state index contributed by atoms with van der Waals surface area (Å²) in [6.07, 6.45) is 3.41. The van der Waals surface area contributed by atoms with Crippen LogP contribution in [0.4, 0.5) is 11.4 Å². The highest BCUT2D eigenvalue weighted by Gasteiger charge is 1.99. The van der Waals surface area contributed by atoms with Gasteiger partial charge in [-0.15, -0.1) is 0 Å². The summed E-state index contributed by atoms with van der Waals surface area (Å²) in [6, 6.07) is 18.5. The van der Waals surface area contributed by atoms with Gasteiger partial charge in [-0.2, -0.15) is 0 Å². The van der Waals surface area contributed by atoms with Crippen LogP contribution in [0.1, 0.15) is 22.3 Å². The van der Waals surface area contributed by atoms with Crippen molar-refractivity contribution in [2.75, 3.05) is 0 Å². The van der Waals surface area contributed by atoms with Crippen LogP contribution in [0.5, 0.6) is 11.5 Å². The van der Waals surface area contributed by atoms with E-state index in [1.165, 1.54) is 0 Å². The summed E-state index contributed by atoms with van der Waals surface area (Å²) in [4.78, 5) is 8.64. The molecule has 0 aromatic heterocycles. The third-order valence-corrected chi connectivity index (χ3v) is 3.90. The van der Waals surface area contributed by atoms with Crippen LogP contribution in [0.2, 0.25) is 0 Å². The van der Waals surface area contributed by atoms with E-state index in [0.717, 1.165) is 22.3 Å². The number of phenols is 2. The fourth-order valence-electron chi connectivity index (χ4n) is 2.44. The molecule has 0 aliphatic heterocycles. The second-order valence-corrected chi connectivity index (χ2v) is 6.17. The maximum absolute atomic E-state index is 9.88. The van der Waals surface area contributed by atoms with E-state index in [-0.39, 0.29) is 11.5 Å². The molecular formula is C22H20N2O2. The Kier molecular flexibility index (Phi) is 5.13. The van der Waals surface area contributed by atoms with Gasteiger partial charge in [-0.25, -0.2) is 0 Å². The number of aromatic hydroxyl groups is 2. The molecule has 0 radical (unpaired) electrons. The third-order valence-electron chi connectivity index (χ3n) is 3.90. The van der Waals surface area contributed by atoms with Crippen LogP contribution in [0.3, 0.4) is 0 Å². The predicted octanol–water partition coefficient (Wildman–Crippen LogP) is 5.22. The Morgan fingerprint density at radius 3 is 1.35 bits per heavy atom. The number of phenolic OH excluding ortho intramolecular Hbond substituents is 2. The minimum Gasteiger partial charge on any atom is -0.506 e. The Labute approximate surface area is 152 Å². The van der Waals surface area contributed by atoms with Crippen molar-refractivity contribution in [2.45, 2.75) is 13.8 Å². The fraction of sp³-hybridized carbons (Fsp3) is 0.0909. The molecule has 0 unspecified atom stereocenters. The minimum absolute atomic E-state index is 0.169. The summed E-state index contributed by atoms with van der Waals surface area (Å²) >= 11 is 0. The molecule has 0 saturated carbocycles. The first-order valence-electron chi connectivity index (χ1n) is 8.29. The van der Waals surface area contributed by atoms with Gasteiger partial charge in [0.2, 0.25) is 0 Å². The maximum atomic E-state index is 9.88. The van der Waals surface area contributed by atoms with Crippen LogP contribution in [0.15, 0.2) is 70.6 Å². The first kappa shape index (κ1) is 17.4. The molecule has 26 heavy (non-hydrogen) atoms. The molecule has 2 N–H and O–H groups in total. The average molecular weight is 344 g/mol. The number of hydrogen-bond donors (Lipinski definition) is 2. The second kappa shape index (κ2) is 7.66. The lowest BCUT2D eigenvalue weighted by molar-refractivity contribution is 0.476. The first-order valence-corrected chi connectivity index (χ1v) is 8.29. The monoisotopic (exact) mass is 344 g/mol. The molecule has 0 fully saturated rings. The Bertz CT molecular complexity index is 893. The SMILES string of the molecule is Cc1ccc(N=Cc2ccc(C=Nc3ccc(C)cc3O)cc2)c(O)c1. The van der Waals surface area contributed by atoms with Gasteiger partial charge in [0.15, 0.2) is 0 Å². The number of aryl methyl sites for hydroxylation is 2. The largest absolute Gasteiger partial charge is 0.506 e. The van der Waals surface area contributed by atoms with Crippen molar-refractivity contribution in [3.8, 4) is 11.5 Å². The summed E-state index contributed by atoms with van der Waals surface area (Å²) in [5.41, 5.74) is 4.89. The van der Waals surface area contributed by atoms with Crippen LogP contribution in [0, 0.1) is 13.8 Å². The first-order chi connectivity index (χ1) is 12.5. The molecule has 0 aliphatic carbocycles. The van der Waals surface area contributed by atoms with Crippen molar-refractivity contribution in [3.05, 3.63) is 82.9 Å². The van der Waals surface area contributed by atoms with Crippen LogP contribution in [0.25, 0.3) is 0 Å². The van der Waals surface area contributed by atoms with Crippen LogP contribution >= 0.6 is 0 Å². The minimum atomic E-state index is 0.169. The van der Waals surface area contributed by atoms with Gasteiger partial charge < -0.3 is 10.2 Å². The van der Waals surface area contributed by atoms with Gasteiger partial charge in [0, 0.05) is 12.4 Å². The van der Waals surface area contributed by atoms with Crippen molar-refractivity contribution in [3.63, 3.8) is 0 Å². The van der Waals surface area contributed by atoms with E-state index in [9.17, 15) is 10.2 Å². The van der Waals surface area contributed by atoms with Gasteiger partial charge in [0.1, 0.15) is 22.9 Å². The summed E-state index contributed by atoms with van der Waals surface area (Å²) in [5, 5.41) is 19.8. The molecule has 0 saturated heterocycles. The molecule has 0 bridgehead atoms. The van der Waals surface area contributed by atoms with E-state index in [4.69, 9.17) is 0 Å². The third kappa shape index (κ3) is 4.36. The summed E-state index contributed by atoms with van der Waals surface area (Å²) in [7, 11) is 0. The van der Waals surface area contributed by atoms with Gasteiger partial charge in [-0.1, -0.05) is 36.4 Å². The van der Waals surface area contributed by atoms with E-state index >= 15 is 0 Å². The predicted molar refractivity (Wildman–Crippen MR) is 107 cm³/mol. The van der Waals surface area contributed by atoms with Gasteiger partial charge in [-0.05, 0) is 60.4 Å². The zero-order valence-electron chi connectivity index (χ0n) is 14.7. The molecule has 3 aromatic rings. The number of hydrogen-bond acceptors (Lipinski definition) is 4. The summed E-state index contributed by atoms with van der Waals surface area (Å²) < 4.78 is 0. The molecule has 4 nitrogen and oxygen atoms in total. The number of nitrogens with zero attached hydrogens (tertiary/aromatic N) is 2. The van der Waals surface area contributed by atoms with E-state index < -0.39 is 0 Å². The highest BCUT2D eigenvalue weighted by atomic mass is 16.3. The highest BCUT2D eigenvalue weighted by Crippen LogP contribution is 2.27. The lowest BCUT2D eigenvalue weighted by Crippen LogP contribution is -1.85. The highest BCUT2D eigenvalue weighted by molar-refractivity contribution is 5.86. The Balaban J connectivity index is 1.72. The topological polar surface area (TPSA) is 65.2 Å². The molecule has 3 rings (SSSR count). The Morgan fingerprint density at radius 1 is 0.615 bits per heavy atom. The van der Waals surface area contributed by atoms with Crippen LogP contribution in [-0.4, -0.2) is 22.6 Å².